The molecule has 0 spiro atoms. The summed E-state index contributed by atoms with van der Waals surface area (Å²) in [7, 11) is 0. The summed E-state index contributed by atoms with van der Waals surface area (Å²) in [5.41, 5.74) is 9.32. The third-order valence-electron chi connectivity index (χ3n) is 4.77. The number of carbonyl (C=O) groups excluding carboxylic acids is 1. The fourth-order valence-electron chi connectivity index (χ4n) is 3.50. The number of hydrogen-bond acceptors (Lipinski definition) is 5. The number of H-pyrrole nitrogens is 1. The van der Waals surface area contributed by atoms with Crippen LogP contribution in [0.1, 0.15) is 18.7 Å². The number of hydrogen-bond donors (Lipinski definition) is 2. The number of amides is 1. The number of carbonyl (C=O) groups is 1. The molecule has 3 N–H and O–H groups in total. The Balaban J connectivity index is 1.61. The van der Waals surface area contributed by atoms with Gasteiger partial charge in [0.15, 0.2) is 5.82 Å². The number of fused-ring (bicyclic) bond motifs is 3. The topological polar surface area (TPSA) is 106 Å². The molecule has 1 aliphatic heterocycles. The van der Waals surface area contributed by atoms with Crippen LogP contribution in [-0.2, 0) is 11.3 Å². The molecule has 3 aromatic heterocycles. The molecular weight excluding hydrogens is 330 g/mol. The molecule has 5 rings (SSSR count). The van der Waals surface area contributed by atoms with Crippen LogP contribution in [0.25, 0.3) is 27.6 Å². The standard InChI is InChI=1S/C18H17N7O/c19-18-17-16(22-14(23-17)10-24-7-1-3-15(24)26)12-5-4-11(9-13(12)21-18)25-8-2-6-20-25/h2,4-6,8-9H,1,3,7,10H2,(H2,19,21)(H,22,23). The van der Waals surface area contributed by atoms with Crippen molar-refractivity contribution in [2.24, 2.45) is 0 Å². The Hall–Kier alpha value is -3.42. The summed E-state index contributed by atoms with van der Waals surface area (Å²) in [6.07, 6.45) is 5.13. The van der Waals surface area contributed by atoms with Crippen LogP contribution >= 0.6 is 0 Å². The summed E-state index contributed by atoms with van der Waals surface area (Å²) in [6.45, 7) is 1.25. The van der Waals surface area contributed by atoms with Gasteiger partial charge in [0.25, 0.3) is 0 Å². The molecule has 8 heteroatoms. The molecule has 1 amide bonds. The molecule has 1 saturated heterocycles. The van der Waals surface area contributed by atoms with Crippen molar-refractivity contribution in [1.29, 1.82) is 0 Å². The maximum absolute atomic E-state index is 11.9. The molecule has 4 heterocycles. The summed E-state index contributed by atoms with van der Waals surface area (Å²) >= 11 is 0. The fraction of sp³-hybridized carbons (Fsp3) is 0.222. The Morgan fingerprint density at radius 1 is 1.27 bits per heavy atom. The first-order valence-corrected chi connectivity index (χ1v) is 8.55. The average Bonchev–Trinajstić information content (AvgIpc) is 3.37. The Labute approximate surface area is 148 Å². The lowest BCUT2D eigenvalue weighted by molar-refractivity contribution is -0.128. The number of likely N-dealkylation sites (tertiary alicyclic amines) is 1. The second kappa shape index (κ2) is 5.55. The Morgan fingerprint density at radius 2 is 2.19 bits per heavy atom. The smallest absolute Gasteiger partial charge is 0.223 e. The van der Waals surface area contributed by atoms with E-state index in [4.69, 9.17) is 5.73 Å². The van der Waals surface area contributed by atoms with Gasteiger partial charge in [-0.25, -0.2) is 14.6 Å². The van der Waals surface area contributed by atoms with E-state index in [-0.39, 0.29) is 5.91 Å². The number of nitrogen functional groups attached to an aromatic ring is 1. The Kier molecular flexibility index (Phi) is 3.18. The van der Waals surface area contributed by atoms with Crippen molar-refractivity contribution < 1.29 is 4.79 Å². The molecule has 130 valence electrons. The number of aromatic nitrogens is 5. The van der Waals surface area contributed by atoms with Gasteiger partial charge in [-0.05, 0) is 30.7 Å². The van der Waals surface area contributed by atoms with Crippen LogP contribution < -0.4 is 5.73 Å². The predicted molar refractivity (Wildman–Crippen MR) is 97.6 cm³/mol. The first-order valence-electron chi connectivity index (χ1n) is 8.55. The van der Waals surface area contributed by atoms with E-state index in [9.17, 15) is 4.79 Å². The Bertz CT molecular complexity index is 1130. The van der Waals surface area contributed by atoms with Crippen molar-refractivity contribution in [1.82, 2.24) is 29.6 Å². The number of benzene rings is 1. The second-order valence-corrected chi connectivity index (χ2v) is 6.48. The number of anilines is 1. The van der Waals surface area contributed by atoms with Gasteiger partial charge < -0.3 is 15.6 Å². The number of rotatable bonds is 3. The van der Waals surface area contributed by atoms with Gasteiger partial charge in [-0.1, -0.05) is 0 Å². The van der Waals surface area contributed by atoms with Crippen molar-refractivity contribution in [2.45, 2.75) is 19.4 Å². The number of pyridine rings is 1. The van der Waals surface area contributed by atoms with Gasteiger partial charge in [-0.3, -0.25) is 4.79 Å². The lowest BCUT2D eigenvalue weighted by atomic mass is 10.1. The van der Waals surface area contributed by atoms with Crippen molar-refractivity contribution in [3.05, 3.63) is 42.5 Å². The van der Waals surface area contributed by atoms with E-state index in [1.165, 1.54) is 0 Å². The van der Waals surface area contributed by atoms with Gasteiger partial charge in [0.1, 0.15) is 11.3 Å². The third-order valence-corrected chi connectivity index (χ3v) is 4.77. The maximum Gasteiger partial charge on any atom is 0.223 e. The zero-order chi connectivity index (χ0) is 17.7. The molecule has 0 radical (unpaired) electrons. The van der Waals surface area contributed by atoms with Gasteiger partial charge in [0, 0.05) is 30.7 Å². The van der Waals surface area contributed by atoms with Crippen molar-refractivity contribution in [2.75, 3.05) is 12.3 Å². The SMILES string of the molecule is Nc1nc2cc(-n3cccn3)ccc2c2[nH]c(CN3CCCC3=O)nc12. The van der Waals surface area contributed by atoms with Crippen LogP contribution in [0.15, 0.2) is 36.7 Å². The summed E-state index contributed by atoms with van der Waals surface area (Å²) in [5, 5.41) is 5.19. The van der Waals surface area contributed by atoms with E-state index >= 15 is 0 Å². The minimum atomic E-state index is 0.172. The lowest BCUT2D eigenvalue weighted by Crippen LogP contribution is -2.24. The molecule has 4 aromatic rings. The van der Waals surface area contributed by atoms with Gasteiger partial charge in [-0.15, -0.1) is 0 Å². The molecular formula is C18H17N7O. The van der Waals surface area contributed by atoms with E-state index in [0.717, 1.165) is 40.9 Å². The number of imidazole rings is 1. The zero-order valence-electron chi connectivity index (χ0n) is 14.0. The van der Waals surface area contributed by atoms with E-state index in [0.29, 0.717) is 24.3 Å². The van der Waals surface area contributed by atoms with E-state index in [1.807, 2.05) is 35.4 Å². The first kappa shape index (κ1) is 14.9. The van der Waals surface area contributed by atoms with Gasteiger partial charge >= 0.3 is 0 Å². The monoisotopic (exact) mass is 347 g/mol. The number of nitrogens with two attached hydrogens (primary N) is 1. The van der Waals surface area contributed by atoms with Gasteiger partial charge in [0.2, 0.25) is 5.91 Å². The first-order chi connectivity index (χ1) is 12.7. The largest absolute Gasteiger partial charge is 0.382 e. The molecule has 0 aliphatic carbocycles. The molecule has 0 unspecified atom stereocenters. The van der Waals surface area contributed by atoms with Crippen LogP contribution in [0.5, 0.6) is 0 Å². The molecule has 1 fully saturated rings. The molecule has 1 aliphatic rings. The average molecular weight is 347 g/mol. The van der Waals surface area contributed by atoms with Crippen LogP contribution in [0.2, 0.25) is 0 Å². The quantitative estimate of drug-likeness (QED) is 0.590. The van der Waals surface area contributed by atoms with E-state index < -0.39 is 0 Å². The zero-order valence-corrected chi connectivity index (χ0v) is 14.0. The molecule has 0 saturated carbocycles. The van der Waals surface area contributed by atoms with E-state index in [2.05, 4.69) is 20.1 Å². The lowest BCUT2D eigenvalue weighted by Gasteiger charge is -2.12. The fourth-order valence-corrected chi connectivity index (χ4v) is 3.50. The molecule has 8 nitrogen and oxygen atoms in total. The third kappa shape index (κ3) is 2.30. The highest BCUT2D eigenvalue weighted by molar-refractivity contribution is 6.06. The van der Waals surface area contributed by atoms with E-state index in [1.54, 1.807) is 10.9 Å². The predicted octanol–water partition coefficient (Wildman–Crippen LogP) is 2.00. The van der Waals surface area contributed by atoms with Gasteiger partial charge in [-0.2, -0.15) is 5.10 Å². The summed E-state index contributed by atoms with van der Waals surface area (Å²) in [4.78, 5) is 26.1. The highest BCUT2D eigenvalue weighted by atomic mass is 16.2. The van der Waals surface area contributed by atoms with Crippen LogP contribution in [0, 0.1) is 0 Å². The number of aromatic amines is 1. The summed E-state index contributed by atoms with van der Waals surface area (Å²) < 4.78 is 1.78. The molecule has 26 heavy (non-hydrogen) atoms. The number of nitrogens with zero attached hydrogens (tertiary/aromatic N) is 5. The molecule has 0 bridgehead atoms. The minimum absolute atomic E-state index is 0.172. The highest BCUT2D eigenvalue weighted by Gasteiger charge is 2.22. The summed E-state index contributed by atoms with van der Waals surface area (Å²) in [6, 6.07) is 7.79. The molecule has 0 atom stereocenters. The van der Waals surface area contributed by atoms with Crippen molar-refractivity contribution >= 4 is 33.7 Å². The molecule has 1 aromatic carbocycles. The second-order valence-electron chi connectivity index (χ2n) is 6.48. The Morgan fingerprint density at radius 3 is 2.96 bits per heavy atom. The van der Waals surface area contributed by atoms with Crippen LogP contribution in [0.3, 0.4) is 0 Å². The minimum Gasteiger partial charge on any atom is -0.382 e. The summed E-state index contributed by atoms with van der Waals surface area (Å²) in [5.74, 6) is 1.28. The maximum atomic E-state index is 11.9. The highest BCUT2D eigenvalue weighted by Crippen LogP contribution is 2.28. The van der Waals surface area contributed by atoms with Gasteiger partial charge in [0.05, 0.1) is 23.3 Å². The van der Waals surface area contributed by atoms with Crippen LogP contribution in [0.4, 0.5) is 5.82 Å². The number of nitrogens with one attached hydrogen (secondary N) is 1. The van der Waals surface area contributed by atoms with Crippen molar-refractivity contribution in [3.8, 4) is 5.69 Å². The normalized spacial score (nSPS) is 14.8. The van der Waals surface area contributed by atoms with Crippen molar-refractivity contribution in [3.63, 3.8) is 0 Å². The van der Waals surface area contributed by atoms with Crippen LogP contribution in [-0.4, -0.2) is 42.1 Å².